The van der Waals surface area contributed by atoms with E-state index in [2.05, 4.69) is 11.4 Å². The van der Waals surface area contributed by atoms with E-state index in [4.69, 9.17) is 4.74 Å². The van der Waals surface area contributed by atoms with Crippen molar-refractivity contribution < 1.29 is 19.4 Å². The number of esters is 1. The molecular weight excluding hydrogens is 308 g/mol. The average molecular weight is 332 g/mol. The lowest BCUT2D eigenvalue weighted by Crippen LogP contribution is -2.43. The number of aromatic nitrogens is 1. The molecule has 2 heterocycles. The number of nitrogens with zero attached hydrogens (tertiary/aromatic N) is 1. The lowest BCUT2D eigenvalue weighted by atomic mass is 9.86. The fourth-order valence-electron chi connectivity index (χ4n) is 3.46. The summed E-state index contributed by atoms with van der Waals surface area (Å²) in [5, 5.41) is 12.8. The number of carbonyl (C=O) groups is 2. The lowest BCUT2D eigenvalue weighted by molar-refractivity contribution is -0.157. The molecule has 2 unspecified atom stereocenters. The zero-order valence-corrected chi connectivity index (χ0v) is 14.5. The van der Waals surface area contributed by atoms with Gasteiger partial charge in [-0.05, 0) is 44.2 Å². The van der Waals surface area contributed by atoms with Crippen molar-refractivity contribution in [2.45, 2.75) is 58.2 Å². The largest absolute Gasteiger partial charge is 0.478 e. The molecule has 1 aliphatic heterocycles. The number of carboxylic acid groups (broad SMARTS) is 1. The van der Waals surface area contributed by atoms with Gasteiger partial charge in [-0.2, -0.15) is 0 Å². The Morgan fingerprint density at radius 2 is 2.08 bits per heavy atom. The summed E-state index contributed by atoms with van der Waals surface area (Å²) in [4.78, 5) is 24.1. The van der Waals surface area contributed by atoms with Crippen LogP contribution in [0.3, 0.4) is 0 Å². The van der Waals surface area contributed by atoms with Crippen LogP contribution in [0.25, 0.3) is 5.57 Å². The molecule has 2 aliphatic rings. The van der Waals surface area contributed by atoms with Crippen LogP contribution in [0, 0.1) is 0 Å². The third-order valence-corrected chi connectivity index (χ3v) is 4.47. The minimum atomic E-state index is -0.916. The highest BCUT2D eigenvalue weighted by atomic mass is 16.6. The minimum absolute atomic E-state index is 0.161. The Balaban J connectivity index is 1.99. The highest BCUT2D eigenvalue weighted by molar-refractivity contribution is 5.92. The molecule has 0 saturated heterocycles. The second kappa shape index (κ2) is 5.77. The second-order valence-electron chi connectivity index (χ2n) is 7.60. The quantitative estimate of drug-likeness (QED) is 0.813. The third-order valence-electron chi connectivity index (χ3n) is 4.47. The van der Waals surface area contributed by atoms with Gasteiger partial charge < -0.3 is 14.4 Å². The third kappa shape index (κ3) is 2.98. The molecule has 0 spiro atoms. The van der Waals surface area contributed by atoms with Crippen LogP contribution < -0.4 is 5.32 Å². The number of ether oxygens (including phenoxy) is 1. The molecule has 1 aliphatic carbocycles. The number of hydrogen-bond donors (Lipinski definition) is 2. The molecule has 0 fully saturated rings. The van der Waals surface area contributed by atoms with E-state index < -0.39 is 17.6 Å². The number of carbonyl (C=O) groups excluding carboxylic acids is 1. The van der Waals surface area contributed by atoms with Crippen LogP contribution in [0.2, 0.25) is 0 Å². The smallest absolute Gasteiger partial charge is 0.337 e. The maximum Gasteiger partial charge on any atom is 0.337 e. The Hall–Kier alpha value is -2.08. The van der Waals surface area contributed by atoms with Gasteiger partial charge >= 0.3 is 11.9 Å². The van der Waals surface area contributed by atoms with Crippen LogP contribution in [0.4, 0.5) is 0 Å². The van der Waals surface area contributed by atoms with Crippen molar-refractivity contribution in [2.24, 2.45) is 0 Å². The Kier molecular flexibility index (Phi) is 4.03. The molecular formula is C18H24N2O4. The van der Waals surface area contributed by atoms with E-state index in [9.17, 15) is 14.7 Å². The van der Waals surface area contributed by atoms with Crippen molar-refractivity contribution in [1.29, 1.82) is 0 Å². The highest BCUT2D eigenvalue weighted by Crippen LogP contribution is 2.38. The molecule has 0 saturated carbocycles. The van der Waals surface area contributed by atoms with Gasteiger partial charge in [0.15, 0.2) is 0 Å². The van der Waals surface area contributed by atoms with E-state index in [1.807, 2.05) is 32.3 Å². The van der Waals surface area contributed by atoms with Crippen LogP contribution in [-0.4, -0.2) is 39.8 Å². The molecule has 24 heavy (non-hydrogen) atoms. The second-order valence-corrected chi connectivity index (χ2v) is 7.60. The van der Waals surface area contributed by atoms with E-state index in [0.717, 1.165) is 23.3 Å². The summed E-state index contributed by atoms with van der Waals surface area (Å²) in [6.45, 7) is 8.46. The fraction of sp³-hybridized carbons (Fsp3) is 0.556. The van der Waals surface area contributed by atoms with Crippen LogP contribution in [0.1, 0.15) is 61.6 Å². The molecule has 0 amide bonds. The van der Waals surface area contributed by atoms with Crippen LogP contribution in [0.15, 0.2) is 12.3 Å². The molecule has 130 valence electrons. The molecule has 6 nitrogen and oxygen atoms in total. The van der Waals surface area contributed by atoms with Crippen LogP contribution in [-0.2, 0) is 16.1 Å². The van der Waals surface area contributed by atoms with Crippen LogP contribution in [0.5, 0.6) is 0 Å². The Bertz CT molecular complexity index is 724. The minimum Gasteiger partial charge on any atom is -0.478 e. The predicted molar refractivity (Wildman–Crippen MR) is 90.0 cm³/mol. The Morgan fingerprint density at radius 1 is 1.38 bits per heavy atom. The summed E-state index contributed by atoms with van der Waals surface area (Å²) in [6.07, 6.45) is 4.61. The first kappa shape index (κ1) is 16.8. The van der Waals surface area contributed by atoms with E-state index in [-0.39, 0.29) is 11.9 Å². The van der Waals surface area contributed by atoms with Crippen molar-refractivity contribution in [3.05, 3.63) is 29.1 Å². The molecule has 6 heteroatoms. The molecule has 0 bridgehead atoms. The van der Waals surface area contributed by atoms with Gasteiger partial charge in [0.05, 0.1) is 5.56 Å². The summed E-state index contributed by atoms with van der Waals surface area (Å²) in [5.74, 6) is -1.07. The topological polar surface area (TPSA) is 80.6 Å². The first-order chi connectivity index (χ1) is 11.2. The predicted octanol–water partition coefficient (Wildman–Crippen LogP) is 2.39. The van der Waals surface area contributed by atoms with Gasteiger partial charge in [-0.15, -0.1) is 0 Å². The Labute approximate surface area is 141 Å². The van der Waals surface area contributed by atoms with Crippen molar-refractivity contribution in [1.82, 2.24) is 9.88 Å². The monoisotopic (exact) mass is 332 g/mol. The van der Waals surface area contributed by atoms with E-state index in [0.29, 0.717) is 18.7 Å². The highest BCUT2D eigenvalue weighted by Gasteiger charge is 2.34. The molecule has 1 aromatic heterocycles. The number of hydrogen-bond acceptors (Lipinski definition) is 4. The van der Waals surface area contributed by atoms with E-state index in [1.54, 1.807) is 6.20 Å². The molecule has 2 atom stereocenters. The maximum absolute atomic E-state index is 12.4. The summed E-state index contributed by atoms with van der Waals surface area (Å²) in [6, 6.07) is -0.496. The summed E-state index contributed by atoms with van der Waals surface area (Å²) in [7, 11) is 0. The molecule has 0 radical (unpaired) electrons. The fourth-order valence-corrected chi connectivity index (χ4v) is 3.46. The van der Waals surface area contributed by atoms with Crippen LogP contribution >= 0.6 is 0 Å². The van der Waals surface area contributed by atoms with Gasteiger partial charge in [-0.1, -0.05) is 13.0 Å². The van der Waals surface area contributed by atoms with Gasteiger partial charge in [0.1, 0.15) is 11.6 Å². The number of rotatable bonds is 2. The van der Waals surface area contributed by atoms with E-state index in [1.165, 1.54) is 0 Å². The van der Waals surface area contributed by atoms with Gasteiger partial charge in [0.25, 0.3) is 0 Å². The van der Waals surface area contributed by atoms with Crippen molar-refractivity contribution in [3.8, 4) is 0 Å². The van der Waals surface area contributed by atoms with Crippen molar-refractivity contribution in [3.63, 3.8) is 0 Å². The van der Waals surface area contributed by atoms with Gasteiger partial charge in [-0.3, -0.25) is 10.1 Å². The molecule has 3 rings (SSSR count). The standard InChI is InChI=1S/C18H24N2O4/c1-10-5-6-11-7-19-13(17(23)24-18(2,3)4)9-20-8-12(16(21)22)14(10)15(11)20/h6,8,10,13,19H,5,7,9H2,1-4H3,(H,21,22). The zero-order valence-electron chi connectivity index (χ0n) is 14.5. The van der Waals surface area contributed by atoms with Crippen molar-refractivity contribution in [2.75, 3.05) is 6.54 Å². The first-order valence-electron chi connectivity index (χ1n) is 8.29. The van der Waals surface area contributed by atoms with Crippen molar-refractivity contribution >= 4 is 17.5 Å². The van der Waals surface area contributed by atoms with Gasteiger partial charge in [-0.25, -0.2) is 4.79 Å². The lowest BCUT2D eigenvalue weighted by Gasteiger charge is -2.24. The van der Waals surface area contributed by atoms with E-state index >= 15 is 0 Å². The molecule has 1 aromatic rings. The maximum atomic E-state index is 12.4. The zero-order chi connectivity index (χ0) is 17.6. The summed E-state index contributed by atoms with van der Waals surface area (Å²) in [5.41, 5.74) is 2.68. The first-order valence-corrected chi connectivity index (χ1v) is 8.29. The van der Waals surface area contributed by atoms with Gasteiger partial charge in [0.2, 0.25) is 0 Å². The number of nitrogens with one attached hydrogen (secondary N) is 1. The normalized spacial score (nSPS) is 23.1. The molecule has 0 aromatic carbocycles. The molecule has 2 N–H and O–H groups in total. The SMILES string of the molecule is CC1CC=C2CNC(C(=O)OC(C)(C)C)Cn3cc(C(=O)O)c1c32. The number of aromatic carboxylic acids is 1. The number of allylic oxidation sites excluding steroid dienone is 1. The average Bonchev–Trinajstić information content (AvgIpc) is 2.74. The summed E-state index contributed by atoms with van der Waals surface area (Å²) < 4.78 is 7.39. The summed E-state index contributed by atoms with van der Waals surface area (Å²) >= 11 is 0. The number of carboxylic acids is 1. The van der Waals surface area contributed by atoms with Gasteiger partial charge in [0, 0.05) is 25.0 Å². The Morgan fingerprint density at radius 3 is 2.71 bits per heavy atom.